The lowest BCUT2D eigenvalue weighted by atomic mass is 9.98. The van der Waals surface area contributed by atoms with Crippen molar-refractivity contribution < 1.29 is 23.1 Å². The van der Waals surface area contributed by atoms with Crippen LogP contribution in [0, 0.1) is 11.3 Å². The van der Waals surface area contributed by atoms with Gasteiger partial charge in [-0.15, -0.1) is 0 Å². The third-order valence-electron chi connectivity index (χ3n) is 2.86. The van der Waals surface area contributed by atoms with Gasteiger partial charge in [-0.2, -0.15) is 13.2 Å². The third kappa shape index (κ3) is 2.89. The first kappa shape index (κ1) is 11.3. The van der Waals surface area contributed by atoms with Gasteiger partial charge in [0.2, 0.25) is 0 Å². The van der Waals surface area contributed by atoms with Crippen molar-refractivity contribution in [3.63, 3.8) is 0 Å². The molecule has 2 unspecified atom stereocenters. The van der Waals surface area contributed by atoms with Crippen LogP contribution in [-0.2, 0) is 4.79 Å². The summed E-state index contributed by atoms with van der Waals surface area (Å²) in [5.41, 5.74) is -0.392. The van der Waals surface area contributed by atoms with E-state index in [-0.39, 0.29) is 6.42 Å². The molecular formula is C9H13F3O2. The Morgan fingerprint density at radius 2 is 2.14 bits per heavy atom. The molecule has 82 valence electrons. The lowest BCUT2D eigenvalue weighted by Gasteiger charge is -2.10. The Kier molecular flexibility index (Phi) is 2.78. The summed E-state index contributed by atoms with van der Waals surface area (Å²) < 4.78 is 35.4. The first-order valence-corrected chi connectivity index (χ1v) is 4.54. The Morgan fingerprint density at radius 3 is 2.50 bits per heavy atom. The van der Waals surface area contributed by atoms with Crippen LogP contribution in [0.3, 0.4) is 0 Å². The number of carboxylic acid groups (broad SMARTS) is 1. The van der Waals surface area contributed by atoms with Gasteiger partial charge < -0.3 is 5.11 Å². The second-order valence-electron chi connectivity index (χ2n) is 4.22. The summed E-state index contributed by atoms with van der Waals surface area (Å²) in [5.74, 6) is -1.32. The average Bonchev–Trinajstić information content (AvgIpc) is 2.59. The van der Waals surface area contributed by atoms with Gasteiger partial charge in [-0.05, 0) is 24.7 Å². The fourth-order valence-electron chi connectivity index (χ4n) is 1.76. The number of hydrogen-bond donors (Lipinski definition) is 1. The molecule has 1 rings (SSSR count). The van der Waals surface area contributed by atoms with E-state index < -0.39 is 29.9 Å². The molecule has 1 aliphatic rings. The van der Waals surface area contributed by atoms with E-state index in [1.54, 1.807) is 6.92 Å². The van der Waals surface area contributed by atoms with Crippen molar-refractivity contribution in [2.75, 3.05) is 0 Å². The zero-order chi connectivity index (χ0) is 11.0. The predicted molar refractivity (Wildman–Crippen MR) is 43.8 cm³/mol. The fourth-order valence-corrected chi connectivity index (χ4v) is 1.76. The van der Waals surface area contributed by atoms with Crippen LogP contribution in [0.15, 0.2) is 0 Å². The van der Waals surface area contributed by atoms with Crippen molar-refractivity contribution in [2.45, 2.75) is 38.8 Å². The van der Waals surface area contributed by atoms with Crippen LogP contribution in [0.2, 0.25) is 0 Å². The molecule has 2 atom stereocenters. The van der Waals surface area contributed by atoms with Crippen molar-refractivity contribution >= 4 is 5.97 Å². The van der Waals surface area contributed by atoms with E-state index in [1.807, 2.05) is 0 Å². The molecule has 0 aliphatic heterocycles. The first-order chi connectivity index (χ1) is 6.25. The number of carboxylic acids is 1. The van der Waals surface area contributed by atoms with E-state index in [1.165, 1.54) is 0 Å². The molecule has 0 amide bonds. The molecule has 0 aromatic heterocycles. The SMILES string of the molecule is CC1(CCCC(F)(F)F)CC1C(=O)O. The molecular weight excluding hydrogens is 197 g/mol. The molecule has 0 heterocycles. The van der Waals surface area contributed by atoms with Gasteiger partial charge >= 0.3 is 12.1 Å². The van der Waals surface area contributed by atoms with Crippen molar-refractivity contribution in [3.05, 3.63) is 0 Å². The van der Waals surface area contributed by atoms with E-state index >= 15 is 0 Å². The zero-order valence-corrected chi connectivity index (χ0v) is 7.90. The second kappa shape index (κ2) is 3.44. The minimum atomic E-state index is -4.12. The van der Waals surface area contributed by atoms with Crippen LogP contribution >= 0.6 is 0 Å². The summed E-state index contributed by atoms with van der Waals surface area (Å²) in [6.07, 6.45) is -4.04. The van der Waals surface area contributed by atoms with Gasteiger partial charge in [-0.1, -0.05) is 6.92 Å². The Morgan fingerprint density at radius 1 is 1.57 bits per heavy atom. The van der Waals surface area contributed by atoms with Gasteiger partial charge in [0.1, 0.15) is 0 Å². The van der Waals surface area contributed by atoms with Crippen LogP contribution in [0.5, 0.6) is 0 Å². The van der Waals surface area contributed by atoms with Crippen LogP contribution in [0.25, 0.3) is 0 Å². The molecule has 1 N–H and O–H groups in total. The highest BCUT2D eigenvalue weighted by molar-refractivity contribution is 5.74. The Bertz CT molecular complexity index is 237. The van der Waals surface area contributed by atoms with Gasteiger partial charge in [0, 0.05) is 6.42 Å². The fraction of sp³-hybridized carbons (Fsp3) is 0.889. The number of rotatable bonds is 4. The van der Waals surface area contributed by atoms with E-state index in [9.17, 15) is 18.0 Å². The quantitative estimate of drug-likeness (QED) is 0.774. The maximum atomic E-state index is 11.8. The third-order valence-corrected chi connectivity index (χ3v) is 2.86. The molecule has 2 nitrogen and oxygen atoms in total. The van der Waals surface area contributed by atoms with Gasteiger partial charge in [-0.3, -0.25) is 4.79 Å². The number of hydrogen-bond acceptors (Lipinski definition) is 1. The smallest absolute Gasteiger partial charge is 0.389 e. The number of alkyl halides is 3. The molecule has 1 saturated carbocycles. The van der Waals surface area contributed by atoms with Crippen LogP contribution in [0.4, 0.5) is 13.2 Å². The maximum absolute atomic E-state index is 11.8. The van der Waals surface area contributed by atoms with Crippen LogP contribution in [0.1, 0.15) is 32.6 Å². The monoisotopic (exact) mass is 210 g/mol. The van der Waals surface area contributed by atoms with Crippen LogP contribution < -0.4 is 0 Å². The van der Waals surface area contributed by atoms with Crippen molar-refractivity contribution in [1.82, 2.24) is 0 Å². The topological polar surface area (TPSA) is 37.3 Å². The lowest BCUT2D eigenvalue weighted by Crippen LogP contribution is -2.10. The van der Waals surface area contributed by atoms with Gasteiger partial charge in [0.25, 0.3) is 0 Å². The van der Waals surface area contributed by atoms with E-state index in [0.717, 1.165) is 0 Å². The second-order valence-corrected chi connectivity index (χ2v) is 4.22. The molecule has 0 aromatic rings. The van der Waals surface area contributed by atoms with E-state index in [4.69, 9.17) is 5.11 Å². The Hall–Kier alpha value is -0.740. The number of carbonyl (C=O) groups is 1. The molecule has 0 saturated heterocycles. The van der Waals surface area contributed by atoms with Crippen molar-refractivity contribution in [2.24, 2.45) is 11.3 Å². The Balaban J connectivity index is 2.24. The molecule has 1 aliphatic carbocycles. The molecule has 0 radical (unpaired) electrons. The summed E-state index contributed by atoms with van der Waals surface area (Å²) >= 11 is 0. The van der Waals surface area contributed by atoms with Crippen molar-refractivity contribution in [1.29, 1.82) is 0 Å². The number of aliphatic carboxylic acids is 1. The first-order valence-electron chi connectivity index (χ1n) is 4.54. The predicted octanol–water partition coefficient (Wildman–Crippen LogP) is 2.83. The highest BCUT2D eigenvalue weighted by Crippen LogP contribution is 2.56. The molecule has 1 fully saturated rings. The summed E-state index contributed by atoms with van der Waals surface area (Å²) in [5, 5.41) is 8.63. The summed E-state index contributed by atoms with van der Waals surface area (Å²) in [6.45, 7) is 1.74. The van der Waals surface area contributed by atoms with E-state index in [0.29, 0.717) is 12.8 Å². The van der Waals surface area contributed by atoms with Crippen molar-refractivity contribution in [3.8, 4) is 0 Å². The van der Waals surface area contributed by atoms with Gasteiger partial charge in [0.15, 0.2) is 0 Å². The summed E-state index contributed by atoms with van der Waals surface area (Å²) in [7, 11) is 0. The zero-order valence-electron chi connectivity index (χ0n) is 7.90. The standard InChI is InChI=1S/C9H13F3O2/c1-8(5-6(8)7(13)14)3-2-4-9(10,11)12/h6H,2-5H2,1H3,(H,13,14). The minimum Gasteiger partial charge on any atom is -0.481 e. The van der Waals surface area contributed by atoms with Crippen LogP contribution in [-0.4, -0.2) is 17.3 Å². The molecule has 0 bridgehead atoms. The minimum absolute atomic E-state index is 0.0315. The van der Waals surface area contributed by atoms with Gasteiger partial charge in [0.05, 0.1) is 5.92 Å². The highest BCUT2D eigenvalue weighted by Gasteiger charge is 2.54. The number of halogens is 3. The van der Waals surface area contributed by atoms with E-state index in [2.05, 4.69) is 0 Å². The lowest BCUT2D eigenvalue weighted by molar-refractivity contribution is -0.139. The van der Waals surface area contributed by atoms with Gasteiger partial charge in [-0.25, -0.2) is 0 Å². The highest BCUT2D eigenvalue weighted by atomic mass is 19.4. The average molecular weight is 210 g/mol. The molecule has 14 heavy (non-hydrogen) atoms. The maximum Gasteiger partial charge on any atom is 0.389 e. The molecule has 0 spiro atoms. The molecule has 0 aromatic carbocycles. The Labute approximate surface area is 80.1 Å². The summed E-state index contributed by atoms with van der Waals surface area (Å²) in [4.78, 5) is 10.5. The normalized spacial score (nSPS) is 31.6. The molecule has 5 heteroatoms. The largest absolute Gasteiger partial charge is 0.481 e. The summed E-state index contributed by atoms with van der Waals surface area (Å²) in [6, 6.07) is 0.